The number of hydrogen-bond donors (Lipinski definition) is 2. The normalized spacial score (nSPS) is 21.8. The van der Waals surface area contributed by atoms with E-state index >= 15 is 0 Å². The summed E-state index contributed by atoms with van der Waals surface area (Å²) in [4.78, 5) is 24.3. The van der Waals surface area contributed by atoms with Crippen molar-refractivity contribution in [2.45, 2.75) is 12.7 Å². The number of alkyl halides is 3. The van der Waals surface area contributed by atoms with Crippen molar-refractivity contribution in [3.05, 3.63) is 18.0 Å². The molecule has 1 unspecified atom stereocenters. The van der Waals surface area contributed by atoms with Gasteiger partial charge in [0.15, 0.2) is 5.69 Å². The van der Waals surface area contributed by atoms with E-state index in [-0.39, 0.29) is 19.6 Å². The van der Waals surface area contributed by atoms with E-state index in [4.69, 9.17) is 5.11 Å². The third-order valence-electron chi connectivity index (χ3n) is 4.01. The maximum atomic E-state index is 12.6. The lowest BCUT2D eigenvalue weighted by Crippen LogP contribution is -2.60. The van der Waals surface area contributed by atoms with Crippen molar-refractivity contribution in [1.29, 1.82) is 0 Å². The number of piperazine rings is 1. The second-order valence-electron chi connectivity index (χ2n) is 5.78. The first kappa shape index (κ1) is 18.0. The lowest BCUT2D eigenvalue weighted by atomic mass is 10.1. The molecular weight excluding hydrogens is 359 g/mol. The average molecular weight is 375 g/mol. The van der Waals surface area contributed by atoms with E-state index in [9.17, 15) is 22.8 Å². The van der Waals surface area contributed by atoms with E-state index in [1.54, 1.807) is 5.01 Å². The molecule has 2 aliphatic heterocycles. The van der Waals surface area contributed by atoms with Crippen LogP contribution in [0.5, 0.6) is 0 Å². The highest BCUT2D eigenvalue weighted by molar-refractivity contribution is 5.94. The third kappa shape index (κ3) is 3.87. The maximum Gasteiger partial charge on any atom is 0.435 e. The smallest absolute Gasteiger partial charge is 0.435 e. The van der Waals surface area contributed by atoms with Crippen LogP contribution in [0.4, 0.5) is 18.0 Å². The van der Waals surface area contributed by atoms with Crippen molar-refractivity contribution < 1.29 is 27.9 Å². The Balaban J connectivity index is 1.58. The molecule has 0 radical (unpaired) electrons. The van der Waals surface area contributed by atoms with Gasteiger partial charge in [0.05, 0.1) is 12.5 Å². The van der Waals surface area contributed by atoms with Crippen LogP contribution in [0.3, 0.4) is 0 Å². The Kier molecular flexibility index (Phi) is 4.71. The predicted octanol–water partition coefficient (Wildman–Crippen LogP) is 0.0613. The summed E-state index contributed by atoms with van der Waals surface area (Å²) in [5.41, 5.74) is 1.51. The van der Waals surface area contributed by atoms with Crippen molar-refractivity contribution in [3.63, 3.8) is 0 Å². The molecule has 2 N–H and O–H groups in total. The topological polar surface area (TPSA) is 106 Å². The molecule has 0 aromatic carbocycles. The molecule has 1 fully saturated rings. The van der Waals surface area contributed by atoms with Crippen LogP contribution in [-0.2, 0) is 17.5 Å². The van der Waals surface area contributed by atoms with Crippen molar-refractivity contribution >= 4 is 18.2 Å². The molecule has 0 saturated carbocycles. The number of carbonyl (C=O) groups is 2. The fourth-order valence-electron chi connectivity index (χ4n) is 2.59. The molecule has 0 aliphatic carbocycles. The molecule has 1 atom stereocenters. The number of carboxylic acid groups (broad SMARTS) is 1. The zero-order valence-corrected chi connectivity index (χ0v) is 13.4. The Labute approximate surface area is 145 Å². The van der Waals surface area contributed by atoms with Gasteiger partial charge in [-0.3, -0.25) is 9.48 Å². The van der Waals surface area contributed by atoms with Crippen LogP contribution < -0.4 is 5.43 Å². The van der Waals surface area contributed by atoms with Crippen LogP contribution in [0.2, 0.25) is 0 Å². The van der Waals surface area contributed by atoms with Gasteiger partial charge in [-0.1, -0.05) is 0 Å². The molecule has 2 amide bonds. The van der Waals surface area contributed by atoms with Gasteiger partial charge >= 0.3 is 12.3 Å². The van der Waals surface area contributed by atoms with Crippen molar-refractivity contribution in [1.82, 2.24) is 30.3 Å². The second-order valence-corrected chi connectivity index (χ2v) is 5.78. The quantitative estimate of drug-likeness (QED) is 0.774. The Morgan fingerprint density at radius 2 is 2.00 bits per heavy atom. The monoisotopic (exact) mass is 375 g/mol. The fourth-order valence-corrected chi connectivity index (χ4v) is 2.59. The highest BCUT2D eigenvalue weighted by Gasteiger charge is 2.34. The molecule has 1 aromatic heterocycles. The van der Waals surface area contributed by atoms with Crippen molar-refractivity contribution in [2.75, 3.05) is 26.2 Å². The summed E-state index contributed by atoms with van der Waals surface area (Å²) in [6.45, 7) is 1.17. The lowest BCUT2D eigenvalue weighted by Gasteiger charge is -2.39. The average Bonchev–Trinajstić information content (AvgIpc) is 3.06. The summed E-state index contributed by atoms with van der Waals surface area (Å²) in [6.07, 6.45) is -3.06. The SMILES string of the molecule is O=C1NN(N2CCN(C(=O)O)CC2)N=CC1Cn1ccc(C(F)(F)F)n1. The number of nitrogens with zero attached hydrogens (tertiary/aromatic N) is 6. The molecule has 3 heterocycles. The third-order valence-corrected chi connectivity index (χ3v) is 4.01. The van der Waals surface area contributed by atoms with Gasteiger partial charge < -0.3 is 10.0 Å². The minimum atomic E-state index is -4.54. The molecule has 10 nitrogen and oxygen atoms in total. The van der Waals surface area contributed by atoms with E-state index < -0.39 is 29.8 Å². The van der Waals surface area contributed by atoms with Gasteiger partial charge in [-0.25, -0.2) is 10.2 Å². The first-order valence-corrected chi connectivity index (χ1v) is 7.72. The Morgan fingerprint density at radius 3 is 2.54 bits per heavy atom. The van der Waals surface area contributed by atoms with Crippen LogP contribution in [0, 0.1) is 5.92 Å². The first-order chi connectivity index (χ1) is 12.2. The van der Waals surface area contributed by atoms with E-state index in [1.165, 1.54) is 16.3 Å². The molecule has 2 aliphatic rings. The van der Waals surface area contributed by atoms with Crippen LogP contribution in [0.25, 0.3) is 0 Å². The standard InChI is InChI=1S/C13H16F3N7O3/c14-13(15,16)10-1-2-21(18-10)8-9-7-17-23(19-11(9)24)22-5-3-20(4-6-22)12(25)26/h1-2,7,9H,3-6,8H2,(H,19,24)(H,25,26). The Hall–Kier alpha value is -2.83. The molecular formula is C13H16F3N7O3. The zero-order chi connectivity index (χ0) is 18.9. The van der Waals surface area contributed by atoms with E-state index in [1.807, 2.05) is 0 Å². The Bertz CT molecular complexity index is 712. The van der Waals surface area contributed by atoms with Gasteiger partial charge in [-0.2, -0.15) is 28.4 Å². The largest absolute Gasteiger partial charge is 0.465 e. The number of hydrazine groups is 2. The minimum Gasteiger partial charge on any atom is -0.465 e. The van der Waals surface area contributed by atoms with Crippen LogP contribution in [-0.4, -0.2) is 74.4 Å². The number of amides is 2. The first-order valence-electron chi connectivity index (χ1n) is 7.72. The van der Waals surface area contributed by atoms with Gasteiger partial charge in [0.2, 0.25) is 0 Å². The van der Waals surface area contributed by atoms with E-state index in [2.05, 4.69) is 15.6 Å². The maximum absolute atomic E-state index is 12.6. The molecule has 0 bridgehead atoms. The summed E-state index contributed by atoms with van der Waals surface area (Å²) in [6, 6.07) is 0.839. The van der Waals surface area contributed by atoms with Crippen LogP contribution in [0.1, 0.15) is 5.69 Å². The number of halogens is 3. The van der Waals surface area contributed by atoms with Crippen LogP contribution in [0.15, 0.2) is 17.4 Å². The molecule has 142 valence electrons. The predicted molar refractivity (Wildman–Crippen MR) is 80.4 cm³/mol. The number of hydrogen-bond acceptors (Lipinski definition) is 6. The van der Waals surface area contributed by atoms with E-state index in [0.717, 1.165) is 16.9 Å². The molecule has 1 saturated heterocycles. The van der Waals surface area contributed by atoms with Crippen LogP contribution >= 0.6 is 0 Å². The summed E-state index contributed by atoms with van der Waals surface area (Å²) >= 11 is 0. The minimum absolute atomic E-state index is 0.0773. The number of rotatable bonds is 3. The van der Waals surface area contributed by atoms with Gasteiger partial charge in [-0.15, -0.1) is 5.23 Å². The summed E-state index contributed by atoms with van der Waals surface area (Å²) in [5, 5.41) is 19.3. The molecule has 1 aromatic rings. The summed E-state index contributed by atoms with van der Waals surface area (Å²) in [5.74, 6) is -1.21. The highest BCUT2D eigenvalue weighted by atomic mass is 19.4. The second kappa shape index (κ2) is 6.82. The fraction of sp³-hybridized carbons (Fsp3) is 0.538. The number of carbonyl (C=O) groups excluding carboxylic acids is 1. The highest BCUT2D eigenvalue weighted by Crippen LogP contribution is 2.27. The van der Waals surface area contributed by atoms with Crippen molar-refractivity contribution in [3.8, 4) is 0 Å². The van der Waals surface area contributed by atoms with Gasteiger partial charge in [0.1, 0.15) is 0 Å². The molecule has 13 heteroatoms. The number of nitrogens with one attached hydrogen (secondary N) is 1. The summed E-state index contributed by atoms with van der Waals surface area (Å²) < 4.78 is 38.7. The zero-order valence-electron chi connectivity index (χ0n) is 13.4. The Morgan fingerprint density at radius 1 is 1.31 bits per heavy atom. The number of hydrazone groups is 1. The molecule has 26 heavy (non-hydrogen) atoms. The van der Waals surface area contributed by atoms with Gasteiger partial charge in [-0.05, 0) is 6.07 Å². The molecule has 3 rings (SSSR count). The summed E-state index contributed by atoms with van der Waals surface area (Å²) in [7, 11) is 0. The molecule has 0 spiro atoms. The van der Waals surface area contributed by atoms with Gasteiger partial charge in [0.25, 0.3) is 5.91 Å². The van der Waals surface area contributed by atoms with Gasteiger partial charge in [0, 0.05) is 38.6 Å². The number of aromatic nitrogens is 2. The van der Waals surface area contributed by atoms with Crippen molar-refractivity contribution in [2.24, 2.45) is 11.0 Å². The lowest BCUT2D eigenvalue weighted by molar-refractivity contribution is -0.147. The van der Waals surface area contributed by atoms with E-state index in [0.29, 0.717) is 13.1 Å².